The second-order valence-corrected chi connectivity index (χ2v) is 7.48. The fourth-order valence-corrected chi connectivity index (χ4v) is 3.23. The molecule has 1 aliphatic heterocycles. The first kappa shape index (κ1) is 16.5. The minimum Gasteiger partial charge on any atom is -0.312 e. The summed E-state index contributed by atoms with van der Waals surface area (Å²) in [4.78, 5) is 12.4. The van der Waals surface area contributed by atoms with E-state index in [1.807, 2.05) is 0 Å². The molecular formula is C15H19N5O3S. The summed E-state index contributed by atoms with van der Waals surface area (Å²) in [5, 5.41) is 10.6. The molecule has 0 fully saturated rings. The minimum absolute atomic E-state index is 0.266. The predicted octanol–water partition coefficient (Wildman–Crippen LogP) is 0.690. The lowest BCUT2D eigenvalue weighted by Gasteiger charge is -2.13. The van der Waals surface area contributed by atoms with Crippen LogP contribution in [0.25, 0.3) is 0 Å². The van der Waals surface area contributed by atoms with E-state index in [0.29, 0.717) is 23.6 Å². The predicted molar refractivity (Wildman–Crippen MR) is 91.5 cm³/mol. The largest absolute Gasteiger partial charge is 0.312 e. The van der Waals surface area contributed by atoms with Crippen molar-refractivity contribution in [3.8, 4) is 0 Å². The molecule has 2 aromatic rings. The number of fused-ring (bicyclic) bond motifs is 1. The zero-order valence-corrected chi connectivity index (χ0v) is 14.3. The first-order valence-corrected chi connectivity index (χ1v) is 9.37. The molecular weight excluding hydrogens is 330 g/mol. The quantitative estimate of drug-likeness (QED) is 0.753. The van der Waals surface area contributed by atoms with Gasteiger partial charge in [0, 0.05) is 43.4 Å². The molecule has 9 heteroatoms. The van der Waals surface area contributed by atoms with Gasteiger partial charge in [0.2, 0.25) is 10.0 Å². The van der Waals surface area contributed by atoms with Crippen molar-refractivity contribution < 1.29 is 13.2 Å². The molecule has 1 aromatic heterocycles. The van der Waals surface area contributed by atoms with Crippen molar-refractivity contribution in [2.45, 2.75) is 13.0 Å². The molecule has 1 aliphatic rings. The molecule has 0 saturated heterocycles. The molecule has 0 unspecified atom stereocenters. The van der Waals surface area contributed by atoms with Crippen LogP contribution in [0.5, 0.6) is 0 Å². The molecule has 0 atom stereocenters. The summed E-state index contributed by atoms with van der Waals surface area (Å²) in [6, 6.07) is 6.25. The molecule has 0 spiro atoms. The van der Waals surface area contributed by atoms with E-state index >= 15 is 0 Å². The van der Waals surface area contributed by atoms with Gasteiger partial charge in [-0.15, -0.1) is 0 Å². The highest BCUT2D eigenvalue weighted by Gasteiger charge is 2.20. The number of rotatable bonds is 4. The number of nitrogens with one attached hydrogen (secondary N) is 3. The van der Waals surface area contributed by atoms with Crippen molar-refractivity contribution in [1.82, 2.24) is 15.1 Å². The Morgan fingerprint density at radius 1 is 1.29 bits per heavy atom. The Hall–Kier alpha value is -2.39. The van der Waals surface area contributed by atoms with Crippen LogP contribution >= 0.6 is 0 Å². The van der Waals surface area contributed by atoms with Crippen molar-refractivity contribution >= 4 is 27.4 Å². The van der Waals surface area contributed by atoms with E-state index in [1.165, 1.54) is 0 Å². The Morgan fingerprint density at radius 2 is 2.00 bits per heavy atom. The van der Waals surface area contributed by atoms with Crippen LogP contribution in [0.1, 0.15) is 21.6 Å². The Morgan fingerprint density at radius 3 is 2.67 bits per heavy atom. The summed E-state index contributed by atoms with van der Waals surface area (Å²) in [6.45, 7) is 1.56. The fraction of sp³-hybridized carbons (Fsp3) is 0.333. The number of hydrogen-bond acceptors (Lipinski definition) is 5. The Bertz CT molecular complexity index is 871. The van der Waals surface area contributed by atoms with Crippen LogP contribution in [0.3, 0.4) is 0 Å². The Kier molecular flexibility index (Phi) is 4.29. The number of carbonyl (C=O) groups excluding carboxylic acids is 1. The van der Waals surface area contributed by atoms with Crippen LogP contribution < -0.4 is 15.4 Å². The number of carbonyl (C=O) groups is 1. The van der Waals surface area contributed by atoms with Gasteiger partial charge in [0.1, 0.15) is 5.82 Å². The van der Waals surface area contributed by atoms with E-state index < -0.39 is 10.0 Å². The third kappa shape index (κ3) is 3.57. The maximum atomic E-state index is 12.4. The Labute approximate surface area is 140 Å². The first-order valence-electron chi connectivity index (χ1n) is 7.48. The van der Waals surface area contributed by atoms with Crippen LogP contribution in [-0.2, 0) is 30.0 Å². The smallest absolute Gasteiger partial charge is 0.256 e. The van der Waals surface area contributed by atoms with Gasteiger partial charge >= 0.3 is 0 Å². The lowest BCUT2D eigenvalue weighted by Crippen LogP contribution is -2.24. The molecule has 0 radical (unpaired) electrons. The van der Waals surface area contributed by atoms with Crippen LogP contribution in [0.2, 0.25) is 0 Å². The van der Waals surface area contributed by atoms with Gasteiger partial charge in [0.15, 0.2) is 0 Å². The number of anilines is 2. The molecule has 8 nitrogen and oxygen atoms in total. The van der Waals surface area contributed by atoms with Crippen LogP contribution in [0.15, 0.2) is 24.3 Å². The molecule has 0 saturated carbocycles. The third-order valence-electron chi connectivity index (χ3n) is 3.75. The maximum Gasteiger partial charge on any atom is 0.256 e. The van der Waals surface area contributed by atoms with Crippen molar-refractivity contribution in [1.29, 1.82) is 0 Å². The zero-order chi connectivity index (χ0) is 17.3. The van der Waals surface area contributed by atoms with Crippen LogP contribution in [0.4, 0.5) is 11.5 Å². The number of sulfonamides is 1. The van der Waals surface area contributed by atoms with Crippen LogP contribution in [-0.4, -0.2) is 36.9 Å². The van der Waals surface area contributed by atoms with Gasteiger partial charge in [0.25, 0.3) is 5.91 Å². The van der Waals surface area contributed by atoms with E-state index in [-0.39, 0.29) is 5.91 Å². The molecule has 3 N–H and O–H groups in total. The molecule has 0 aliphatic carbocycles. The van der Waals surface area contributed by atoms with E-state index in [9.17, 15) is 13.2 Å². The summed E-state index contributed by atoms with van der Waals surface area (Å²) in [5.74, 6) is 0.415. The summed E-state index contributed by atoms with van der Waals surface area (Å²) >= 11 is 0. The van der Waals surface area contributed by atoms with E-state index in [2.05, 4.69) is 20.5 Å². The third-order valence-corrected chi connectivity index (χ3v) is 4.36. The molecule has 128 valence electrons. The minimum atomic E-state index is -3.34. The highest BCUT2D eigenvalue weighted by atomic mass is 32.2. The van der Waals surface area contributed by atoms with Crippen molar-refractivity contribution in [3.05, 3.63) is 41.1 Å². The van der Waals surface area contributed by atoms with Crippen molar-refractivity contribution in [2.75, 3.05) is 22.8 Å². The van der Waals surface area contributed by atoms with Gasteiger partial charge in [-0.25, -0.2) is 8.42 Å². The number of hydrogen-bond donors (Lipinski definition) is 3. The molecule has 1 amide bonds. The summed E-state index contributed by atoms with van der Waals surface area (Å²) in [7, 11) is -1.54. The highest BCUT2D eigenvalue weighted by Crippen LogP contribution is 2.23. The number of aryl methyl sites for hydroxylation is 1. The van der Waals surface area contributed by atoms with Gasteiger partial charge in [-0.05, 0) is 24.3 Å². The molecule has 0 bridgehead atoms. The first-order chi connectivity index (χ1) is 11.3. The number of nitrogens with zero attached hydrogens (tertiary/aromatic N) is 2. The summed E-state index contributed by atoms with van der Waals surface area (Å²) < 4.78 is 26.4. The van der Waals surface area contributed by atoms with Gasteiger partial charge in [-0.1, -0.05) is 0 Å². The van der Waals surface area contributed by atoms with Crippen LogP contribution in [0, 0.1) is 0 Å². The van der Waals surface area contributed by atoms with E-state index in [1.54, 1.807) is 36.0 Å². The lowest BCUT2D eigenvalue weighted by molar-refractivity contribution is 0.102. The number of benzene rings is 1. The topological polar surface area (TPSA) is 105 Å². The molecule has 1 aromatic carbocycles. The average Bonchev–Trinajstić information content (AvgIpc) is 2.82. The number of amides is 1. The highest BCUT2D eigenvalue weighted by molar-refractivity contribution is 7.92. The lowest BCUT2D eigenvalue weighted by atomic mass is 10.1. The van der Waals surface area contributed by atoms with Crippen molar-refractivity contribution in [2.24, 2.45) is 7.05 Å². The monoisotopic (exact) mass is 349 g/mol. The van der Waals surface area contributed by atoms with Gasteiger partial charge in [-0.3, -0.25) is 14.2 Å². The Balaban J connectivity index is 1.77. The van der Waals surface area contributed by atoms with Gasteiger partial charge in [-0.2, -0.15) is 5.10 Å². The molecule has 2 heterocycles. The second-order valence-electron chi connectivity index (χ2n) is 5.73. The fourth-order valence-electron chi connectivity index (χ4n) is 2.67. The maximum absolute atomic E-state index is 12.4. The molecule has 24 heavy (non-hydrogen) atoms. The zero-order valence-electron chi connectivity index (χ0n) is 13.5. The average molecular weight is 349 g/mol. The van der Waals surface area contributed by atoms with E-state index in [4.69, 9.17) is 0 Å². The SMILES string of the molecule is Cn1nc2c(c1NC(=O)c1ccc(NS(C)(=O)=O)cc1)CNCC2. The van der Waals surface area contributed by atoms with Crippen molar-refractivity contribution in [3.63, 3.8) is 0 Å². The van der Waals surface area contributed by atoms with Gasteiger partial charge < -0.3 is 10.6 Å². The summed E-state index contributed by atoms with van der Waals surface area (Å²) in [6.07, 6.45) is 1.91. The second kappa shape index (κ2) is 6.25. The number of aromatic nitrogens is 2. The normalized spacial score (nSPS) is 14.1. The van der Waals surface area contributed by atoms with E-state index in [0.717, 1.165) is 30.5 Å². The standard InChI is InChI=1S/C15H19N5O3S/c1-20-14(12-9-16-8-7-13(12)18-20)17-15(21)10-3-5-11(6-4-10)19-24(2,22)23/h3-6,16,19H,7-9H2,1-2H3,(H,17,21). The summed E-state index contributed by atoms with van der Waals surface area (Å²) in [5.41, 5.74) is 2.86. The van der Waals surface area contributed by atoms with Gasteiger partial charge in [0.05, 0.1) is 11.9 Å². The molecule has 3 rings (SSSR count).